The summed E-state index contributed by atoms with van der Waals surface area (Å²) in [6.07, 6.45) is 5.46. The van der Waals surface area contributed by atoms with Crippen LogP contribution in [0.4, 0.5) is 10.5 Å². The first-order valence-electron chi connectivity index (χ1n) is 8.96. The lowest BCUT2D eigenvalue weighted by molar-refractivity contribution is -0.138. The molecule has 1 heterocycles. The van der Waals surface area contributed by atoms with Gasteiger partial charge in [0.1, 0.15) is 12.6 Å². The summed E-state index contributed by atoms with van der Waals surface area (Å²) in [5.41, 5.74) is 0.670. The maximum atomic E-state index is 12.7. The second-order valence-corrected chi connectivity index (χ2v) is 6.88. The molecule has 0 bridgehead atoms. The molecule has 1 saturated heterocycles. The lowest BCUT2D eigenvalue weighted by Crippen LogP contribution is -2.46. The molecule has 25 heavy (non-hydrogen) atoms. The number of nitrogens with zero attached hydrogens (tertiary/aromatic N) is 3. The first-order valence-corrected chi connectivity index (χ1v) is 8.96. The van der Waals surface area contributed by atoms with Crippen molar-refractivity contribution in [3.8, 4) is 0 Å². The highest BCUT2D eigenvalue weighted by atomic mass is 16.2. The molecule has 0 spiro atoms. The van der Waals surface area contributed by atoms with E-state index in [1.165, 1.54) is 11.3 Å². The van der Waals surface area contributed by atoms with Gasteiger partial charge in [0, 0.05) is 18.8 Å². The Morgan fingerprint density at radius 2 is 1.76 bits per heavy atom. The van der Waals surface area contributed by atoms with Crippen LogP contribution < -0.4 is 4.90 Å². The SMILES string of the molecule is C[C@@H]1C(=O)N(CC(=O)N(C)C2CCCCC2)C(=O)N1c1ccccc1. The molecule has 6 heteroatoms. The second-order valence-electron chi connectivity index (χ2n) is 6.88. The number of anilines is 1. The number of amides is 4. The van der Waals surface area contributed by atoms with Crippen LogP contribution in [0.15, 0.2) is 30.3 Å². The van der Waals surface area contributed by atoms with Gasteiger partial charge in [-0.25, -0.2) is 4.79 Å². The number of hydrogen-bond acceptors (Lipinski definition) is 3. The highest BCUT2D eigenvalue weighted by molar-refractivity contribution is 6.15. The maximum Gasteiger partial charge on any atom is 0.332 e. The van der Waals surface area contributed by atoms with E-state index in [0.717, 1.165) is 30.6 Å². The Bertz CT molecular complexity index is 655. The van der Waals surface area contributed by atoms with Crippen LogP contribution >= 0.6 is 0 Å². The summed E-state index contributed by atoms with van der Waals surface area (Å²) in [6, 6.07) is 8.29. The standard InChI is InChI=1S/C19H25N3O3/c1-14-18(24)21(19(25)22(14)16-11-7-4-8-12-16)13-17(23)20(2)15-9-5-3-6-10-15/h4,7-8,11-12,14-15H,3,5-6,9-10,13H2,1-2H3/t14-/m1/s1. The third kappa shape index (κ3) is 3.38. The number of carbonyl (C=O) groups excluding carboxylic acids is 3. The molecule has 0 N–H and O–H groups in total. The normalized spacial score (nSPS) is 21.8. The molecule has 1 aromatic carbocycles. The summed E-state index contributed by atoms with van der Waals surface area (Å²) in [7, 11) is 1.78. The Kier molecular flexibility index (Phi) is 5.06. The van der Waals surface area contributed by atoms with Crippen molar-refractivity contribution in [2.24, 2.45) is 0 Å². The van der Waals surface area contributed by atoms with Gasteiger partial charge in [0.05, 0.1) is 0 Å². The van der Waals surface area contributed by atoms with Gasteiger partial charge in [-0.2, -0.15) is 0 Å². The molecule has 1 atom stereocenters. The highest BCUT2D eigenvalue weighted by Gasteiger charge is 2.44. The number of hydrogen-bond donors (Lipinski definition) is 0. The molecule has 0 unspecified atom stereocenters. The Balaban J connectivity index is 1.71. The van der Waals surface area contributed by atoms with Gasteiger partial charge in [0.2, 0.25) is 5.91 Å². The van der Waals surface area contributed by atoms with Crippen LogP contribution in [0, 0.1) is 0 Å². The van der Waals surface area contributed by atoms with E-state index in [2.05, 4.69) is 0 Å². The smallest absolute Gasteiger partial charge is 0.332 e. The minimum atomic E-state index is -0.595. The van der Waals surface area contributed by atoms with E-state index >= 15 is 0 Å². The number of benzene rings is 1. The number of likely N-dealkylation sites (N-methyl/N-ethyl adjacent to an activating group) is 1. The Morgan fingerprint density at radius 1 is 1.12 bits per heavy atom. The van der Waals surface area contributed by atoms with Crippen molar-refractivity contribution < 1.29 is 14.4 Å². The predicted octanol–water partition coefficient (Wildman–Crippen LogP) is 2.63. The fourth-order valence-electron chi connectivity index (χ4n) is 3.71. The molecule has 2 fully saturated rings. The van der Waals surface area contributed by atoms with Gasteiger partial charge in [-0.15, -0.1) is 0 Å². The average Bonchev–Trinajstić information content (AvgIpc) is 2.86. The van der Waals surface area contributed by atoms with Gasteiger partial charge in [-0.05, 0) is 31.9 Å². The monoisotopic (exact) mass is 343 g/mol. The van der Waals surface area contributed by atoms with Crippen molar-refractivity contribution >= 4 is 23.5 Å². The van der Waals surface area contributed by atoms with Crippen LogP contribution in [0.25, 0.3) is 0 Å². The molecule has 0 aromatic heterocycles. The van der Waals surface area contributed by atoms with E-state index in [9.17, 15) is 14.4 Å². The molecule has 0 radical (unpaired) electrons. The molecule has 4 amide bonds. The van der Waals surface area contributed by atoms with Gasteiger partial charge in [0.25, 0.3) is 5.91 Å². The van der Waals surface area contributed by atoms with E-state index in [-0.39, 0.29) is 24.4 Å². The summed E-state index contributed by atoms with van der Waals surface area (Å²) in [6.45, 7) is 1.51. The summed E-state index contributed by atoms with van der Waals surface area (Å²) >= 11 is 0. The summed E-state index contributed by atoms with van der Waals surface area (Å²) in [4.78, 5) is 42.1. The van der Waals surface area contributed by atoms with E-state index in [1.54, 1.807) is 31.0 Å². The molecule has 3 rings (SSSR count). The first kappa shape index (κ1) is 17.5. The highest BCUT2D eigenvalue weighted by Crippen LogP contribution is 2.26. The zero-order chi connectivity index (χ0) is 18.0. The van der Waals surface area contributed by atoms with E-state index in [1.807, 2.05) is 18.2 Å². The first-order chi connectivity index (χ1) is 12.0. The van der Waals surface area contributed by atoms with Crippen molar-refractivity contribution in [2.45, 2.75) is 51.1 Å². The van der Waals surface area contributed by atoms with Crippen molar-refractivity contribution in [2.75, 3.05) is 18.5 Å². The molecule has 6 nitrogen and oxygen atoms in total. The number of rotatable bonds is 4. The van der Waals surface area contributed by atoms with Crippen LogP contribution in [-0.2, 0) is 9.59 Å². The molecule has 1 aliphatic heterocycles. The third-order valence-electron chi connectivity index (χ3n) is 5.29. The molecular weight excluding hydrogens is 318 g/mol. The van der Waals surface area contributed by atoms with Gasteiger partial charge in [-0.1, -0.05) is 37.5 Å². The van der Waals surface area contributed by atoms with Crippen molar-refractivity contribution in [3.63, 3.8) is 0 Å². The molecule has 1 aliphatic carbocycles. The van der Waals surface area contributed by atoms with Crippen molar-refractivity contribution in [1.29, 1.82) is 0 Å². The largest absolute Gasteiger partial charge is 0.341 e. The Hall–Kier alpha value is -2.37. The van der Waals surface area contributed by atoms with Crippen molar-refractivity contribution in [3.05, 3.63) is 30.3 Å². The molecule has 1 saturated carbocycles. The van der Waals surface area contributed by atoms with Crippen LogP contribution in [-0.4, -0.2) is 53.3 Å². The number of carbonyl (C=O) groups is 3. The van der Waals surface area contributed by atoms with Crippen LogP contribution in [0.2, 0.25) is 0 Å². The molecular formula is C19H25N3O3. The number of urea groups is 1. The lowest BCUT2D eigenvalue weighted by Gasteiger charge is -2.32. The summed E-state index contributed by atoms with van der Waals surface area (Å²) in [5.74, 6) is -0.491. The fraction of sp³-hybridized carbons (Fsp3) is 0.526. The van der Waals surface area contributed by atoms with Crippen molar-refractivity contribution in [1.82, 2.24) is 9.80 Å². The summed E-state index contributed by atoms with van der Waals surface area (Å²) in [5, 5.41) is 0. The zero-order valence-electron chi connectivity index (χ0n) is 14.9. The summed E-state index contributed by atoms with van der Waals surface area (Å²) < 4.78 is 0. The second kappa shape index (κ2) is 7.25. The van der Waals surface area contributed by atoms with Crippen LogP contribution in [0.3, 0.4) is 0 Å². The molecule has 134 valence electrons. The van der Waals surface area contributed by atoms with Gasteiger partial charge in [0.15, 0.2) is 0 Å². The molecule has 1 aromatic rings. The minimum absolute atomic E-state index is 0.171. The van der Waals surface area contributed by atoms with Gasteiger partial charge in [-0.3, -0.25) is 19.4 Å². The fourth-order valence-corrected chi connectivity index (χ4v) is 3.71. The molecule has 2 aliphatic rings. The van der Waals surface area contributed by atoms with Crippen LogP contribution in [0.1, 0.15) is 39.0 Å². The zero-order valence-corrected chi connectivity index (χ0v) is 14.9. The number of imide groups is 1. The van der Waals surface area contributed by atoms with E-state index in [4.69, 9.17) is 0 Å². The van der Waals surface area contributed by atoms with E-state index in [0.29, 0.717) is 5.69 Å². The van der Waals surface area contributed by atoms with E-state index < -0.39 is 12.1 Å². The predicted molar refractivity (Wildman–Crippen MR) is 95.1 cm³/mol. The van der Waals surface area contributed by atoms with Gasteiger partial charge < -0.3 is 4.90 Å². The average molecular weight is 343 g/mol. The Labute approximate surface area is 148 Å². The number of para-hydroxylation sites is 1. The minimum Gasteiger partial charge on any atom is -0.341 e. The van der Waals surface area contributed by atoms with Gasteiger partial charge >= 0.3 is 6.03 Å². The van der Waals surface area contributed by atoms with Crippen LogP contribution in [0.5, 0.6) is 0 Å². The quantitative estimate of drug-likeness (QED) is 0.790. The maximum absolute atomic E-state index is 12.7. The third-order valence-corrected chi connectivity index (χ3v) is 5.29. The topological polar surface area (TPSA) is 60.9 Å². The Morgan fingerprint density at radius 3 is 2.40 bits per heavy atom. The lowest BCUT2D eigenvalue weighted by atomic mass is 9.94.